The van der Waals surface area contributed by atoms with Crippen molar-refractivity contribution in [2.24, 2.45) is 0 Å². The second-order valence-electron chi connectivity index (χ2n) is 3.29. The van der Waals surface area contributed by atoms with Gasteiger partial charge < -0.3 is 5.73 Å². The summed E-state index contributed by atoms with van der Waals surface area (Å²) in [5, 5.41) is 0.702. The maximum absolute atomic E-state index is 11.6. The van der Waals surface area contributed by atoms with Crippen LogP contribution in [-0.4, -0.2) is 9.55 Å². The smallest absolute Gasteiger partial charge is 0.334 e. The summed E-state index contributed by atoms with van der Waals surface area (Å²) in [6.45, 7) is 0. The van der Waals surface area contributed by atoms with E-state index in [1.54, 1.807) is 12.1 Å². The maximum Gasteiger partial charge on any atom is 0.334 e. The summed E-state index contributed by atoms with van der Waals surface area (Å²) in [5.41, 5.74) is 4.75. The molecule has 0 unspecified atom stereocenters. The van der Waals surface area contributed by atoms with E-state index in [0.717, 1.165) is 10.6 Å². The third-order valence-corrected chi connectivity index (χ3v) is 2.66. The molecule has 17 heavy (non-hydrogen) atoms. The number of hydrogen-bond donors (Lipinski definition) is 2. The third kappa shape index (κ3) is 2.20. The molecular formula is C10H7Cl2N3O2. The Labute approximate surface area is 105 Å². The minimum atomic E-state index is -0.653. The lowest BCUT2D eigenvalue weighted by Gasteiger charge is -2.10. The van der Waals surface area contributed by atoms with Crippen molar-refractivity contribution in [3.8, 4) is 5.69 Å². The van der Waals surface area contributed by atoms with Crippen molar-refractivity contribution < 1.29 is 0 Å². The molecular weight excluding hydrogens is 265 g/mol. The van der Waals surface area contributed by atoms with E-state index in [4.69, 9.17) is 28.9 Å². The Morgan fingerprint density at radius 3 is 2.47 bits per heavy atom. The van der Waals surface area contributed by atoms with Crippen molar-refractivity contribution in [3.63, 3.8) is 0 Å². The second-order valence-corrected chi connectivity index (χ2v) is 4.14. The molecule has 0 aliphatic carbocycles. The van der Waals surface area contributed by atoms with Gasteiger partial charge in [0.25, 0.3) is 5.56 Å². The molecule has 0 atom stereocenters. The molecule has 0 radical (unpaired) electrons. The summed E-state index contributed by atoms with van der Waals surface area (Å²) in [5.74, 6) is 0.00275. The topological polar surface area (TPSA) is 80.9 Å². The van der Waals surface area contributed by atoms with E-state index in [-0.39, 0.29) is 10.8 Å². The number of halogens is 2. The van der Waals surface area contributed by atoms with Gasteiger partial charge in [-0.05, 0) is 18.2 Å². The predicted octanol–water partition coefficient (Wildman–Crippen LogP) is 1.41. The van der Waals surface area contributed by atoms with Crippen LogP contribution in [0.5, 0.6) is 0 Å². The van der Waals surface area contributed by atoms with Crippen LogP contribution in [0.4, 0.5) is 5.82 Å². The Bertz CT molecular complexity index is 691. The molecule has 0 aliphatic rings. The van der Waals surface area contributed by atoms with Crippen molar-refractivity contribution in [1.29, 1.82) is 0 Å². The van der Waals surface area contributed by atoms with Crippen molar-refractivity contribution in [3.05, 3.63) is 55.1 Å². The van der Waals surface area contributed by atoms with E-state index in [1.807, 2.05) is 0 Å². The number of nitrogens with two attached hydrogens (primary N) is 1. The molecule has 1 aromatic carbocycles. The molecule has 5 nitrogen and oxygen atoms in total. The minimum Gasteiger partial charge on any atom is -0.385 e. The average Bonchev–Trinajstić information content (AvgIpc) is 2.19. The molecule has 3 N–H and O–H groups in total. The first kappa shape index (κ1) is 11.8. The molecule has 2 aromatic rings. The number of nitrogens with zero attached hydrogens (tertiary/aromatic N) is 1. The number of anilines is 1. The number of nitrogen functional groups attached to an aromatic ring is 1. The first-order valence-corrected chi connectivity index (χ1v) is 5.32. The molecule has 0 bridgehead atoms. The van der Waals surface area contributed by atoms with Gasteiger partial charge in [-0.25, -0.2) is 9.36 Å². The Hall–Kier alpha value is -1.72. The first-order valence-electron chi connectivity index (χ1n) is 4.56. The molecule has 1 aromatic heterocycles. The normalized spacial score (nSPS) is 10.5. The van der Waals surface area contributed by atoms with Gasteiger partial charge in [0.2, 0.25) is 0 Å². The number of H-pyrrole nitrogens is 1. The van der Waals surface area contributed by atoms with E-state index in [1.165, 1.54) is 6.07 Å². The highest BCUT2D eigenvalue weighted by molar-refractivity contribution is 6.35. The first-order chi connectivity index (χ1) is 7.99. The van der Waals surface area contributed by atoms with Gasteiger partial charge in [0.1, 0.15) is 5.82 Å². The number of benzene rings is 1. The number of aromatic amines is 1. The molecule has 0 saturated carbocycles. The van der Waals surface area contributed by atoms with E-state index in [9.17, 15) is 9.59 Å². The zero-order chi connectivity index (χ0) is 12.6. The van der Waals surface area contributed by atoms with Gasteiger partial charge in [0.15, 0.2) is 0 Å². The predicted molar refractivity (Wildman–Crippen MR) is 67.1 cm³/mol. The third-order valence-electron chi connectivity index (χ3n) is 2.12. The van der Waals surface area contributed by atoms with E-state index < -0.39 is 11.2 Å². The zero-order valence-electron chi connectivity index (χ0n) is 8.41. The highest BCUT2D eigenvalue weighted by Gasteiger charge is 2.09. The Balaban J connectivity index is 2.77. The Kier molecular flexibility index (Phi) is 2.95. The molecule has 7 heteroatoms. The fourth-order valence-corrected chi connectivity index (χ4v) is 1.92. The van der Waals surface area contributed by atoms with Crippen molar-refractivity contribution in [1.82, 2.24) is 9.55 Å². The lowest BCUT2D eigenvalue weighted by atomic mass is 10.3. The van der Waals surface area contributed by atoms with E-state index >= 15 is 0 Å². The van der Waals surface area contributed by atoms with Crippen LogP contribution < -0.4 is 17.0 Å². The van der Waals surface area contributed by atoms with E-state index in [2.05, 4.69) is 4.98 Å². The summed E-state index contributed by atoms with van der Waals surface area (Å²) in [7, 11) is 0. The highest BCUT2D eigenvalue weighted by Crippen LogP contribution is 2.24. The fraction of sp³-hybridized carbons (Fsp3) is 0. The number of nitrogens with one attached hydrogen (secondary N) is 1. The summed E-state index contributed by atoms with van der Waals surface area (Å²) < 4.78 is 1.10. The molecule has 0 amide bonds. The van der Waals surface area contributed by atoms with Gasteiger partial charge in [-0.1, -0.05) is 23.2 Å². The minimum absolute atomic E-state index is 0.00275. The maximum atomic E-state index is 11.6. The van der Waals surface area contributed by atoms with Gasteiger partial charge in [-0.3, -0.25) is 9.78 Å². The number of rotatable bonds is 1. The van der Waals surface area contributed by atoms with Gasteiger partial charge in [0, 0.05) is 11.1 Å². The van der Waals surface area contributed by atoms with Gasteiger partial charge in [0.05, 0.1) is 10.7 Å². The van der Waals surface area contributed by atoms with Crippen molar-refractivity contribution >= 4 is 29.0 Å². The fourth-order valence-electron chi connectivity index (χ4n) is 1.42. The van der Waals surface area contributed by atoms with Crippen LogP contribution in [0.3, 0.4) is 0 Å². The van der Waals surface area contributed by atoms with Crippen LogP contribution in [-0.2, 0) is 0 Å². The van der Waals surface area contributed by atoms with Gasteiger partial charge in [-0.15, -0.1) is 0 Å². The van der Waals surface area contributed by atoms with E-state index in [0.29, 0.717) is 10.7 Å². The van der Waals surface area contributed by atoms with Crippen LogP contribution in [0, 0.1) is 0 Å². The zero-order valence-corrected chi connectivity index (χ0v) is 9.92. The SMILES string of the molecule is Nc1cc(=O)[nH]c(=O)n1-c1ccc(Cl)cc1Cl. The summed E-state index contributed by atoms with van der Waals surface area (Å²) in [6.07, 6.45) is 0. The molecule has 1 heterocycles. The molecule has 0 aliphatic heterocycles. The van der Waals surface area contributed by atoms with Crippen LogP contribution >= 0.6 is 23.2 Å². The standard InChI is InChI=1S/C10H7Cl2N3O2/c11-5-1-2-7(6(12)3-5)15-8(13)4-9(16)14-10(15)17/h1-4H,13H2,(H,14,16,17). The van der Waals surface area contributed by atoms with Crippen molar-refractivity contribution in [2.45, 2.75) is 0 Å². The van der Waals surface area contributed by atoms with Crippen LogP contribution in [0.15, 0.2) is 33.9 Å². The monoisotopic (exact) mass is 271 g/mol. The Morgan fingerprint density at radius 2 is 1.88 bits per heavy atom. The quantitative estimate of drug-likeness (QED) is 0.823. The van der Waals surface area contributed by atoms with Gasteiger partial charge in [-0.2, -0.15) is 0 Å². The highest BCUT2D eigenvalue weighted by atomic mass is 35.5. The second kappa shape index (κ2) is 4.27. The van der Waals surface area contributed by atoms with Crippen LogP contribution in [0.25, 0.3) is 5.69 Å². The summed E-state index contributed by atoms with van der Waals surface area (Å²) >= 11 is 11.7. The lowest BCUT2D eigenvalue weighted by molar-refractivity contribution is 0.909. The molecule has 88 valence electrons. The molecule has 0 spiro atoms. The molecule has 0 fully saturated rings. The lowest BCUT2D eigenvalue weighted by Crippen LogP contribution is -2.30. The largest absolute Gasteiger partial charge is 0.385 e. The molecule has 0 saturated heterocycles. The summed E-state index contributed by atoms with van der Waals surface area (Å²) in [6, 6.07) is 5.70. The average molecular weight is 272 g/mol. The van der Waals surface area contributed by atoms with Crippen molar-refractivity contribution in [2.75, 3.05) is 5.73 Å². The number of hydrogen-bond acceptors (Lipinski definition) is 3. The number of aromatic nitrogens is 2. The molecule has 2 rings (SSSR count). The summed E-state index contributed by atoms with van der Waals surface area (Å²) in [4.78, 5) is 24.8. The van der Waals surface area contributed by atoms with Gasteiger partial charge >= 0.3 is 5.69 Å². The van der Waals surface area contributed by atoms with Crippen LogP contribution in [0.2, 0.25) is 10.0 Å². The van der Waals surface area contributed by atoms with Crippen LogP contribution in [0.1, 0.15) is 0 Å². The Morgan fingerprint density at radius 1 is 1.18 bits per heavy atom.